The average molecular weight is 1010 g/mol. The van der Waals surface area contributed by atoms with Gasteiger partial charge < -0.3 is 51.5 Å². The van der Waals surface area contributed by atoms with Crippen molar-refractivity contribution in [3.8, 4) is 0 Å². The summed E-state index contributed by atoms with van der Waals surface area (Å²) in [5, 5.41) is 14.9. The minimum atomic E-state index is -5.19. The Bertz CT molecular complexity index is 2510. The number of carbonyl (C=O) groups excluding carboxylic acids is 10. The van der Waals surface area contributed by atoms with Gasteiger partial charge in [0.25, 0.3) is 27.8 Å². The maximum absolute atomic E-state index is 13.4. The predicted molar refractivity (Wildman–Crippen MR) is 242 cm³/mol. The number of benzene rings is 2. The molecule has 0 radical (unpaired) electrons. The Balaban J connectivity index is 1.05. The molecule has 2 aromatic rings. The Labute approximate surface area is 406 Å². The molecule has 0 saturated carbocycles. The van der Waals surface area contributed by atoms with Crippen LogP contribution in [-0.2, 0) is 58.0 Å². The molecule has 0 aliphatic carbocycles. The summed E-state index contributed by atoms with van der Waals surface area (Å²) in [7, 11) is -5.19. The molecule has 5 atom stereocenters. The number of nitrogens with zero attached hydrogens (tertiary/aromatic N) is 1. The van der Waals surface area contributed by atoms with Crippen LogP contribution >= 0.6 is 11.8 Å². The molecule has 0 aromatic heterocycles. The standard InChI is InChI=1S/C43H54N8O16S2/c52-33(9-5-4-8-31-38-30(25-68-31)49-43(61)50-38)44-16-18-65-20-21-66-19-17-45-35(54)24-47-41(59)29(23-46-40(58)28-12-10-27(11-13-28)39(57)26-6-2-1-3-7-26)48-34(53)14-15-37(56)67-51-36(55)22-32(42(51)60)69(62,63)64/h1-3,6-7,10-13,29-32,38H,4-5,8-9,14-25H2,(H,44,52)(H,45,54)(H,46,58)(H,47,59)(H,48,53)(H2,49,50,61)(H,62,63,64)/t29-,30-,31-,32?,38-/m0/s1/i14D2,15D2. The summed E-state index contributed by atoms with van der Waals surface area (Å²) in [6.07, 6.45) is -6.46. The highest BCUT2D eigenvalue weighted by atomic mass is 32.2. The lowest BCUT2D eigenvalue weighted by Gasteiger charge is -2.19. The van der Waals surface area contributed by atoms with Gasteiger partial charge in [-0.15, -0.1) is 5.06 Å². The number of nitrogens with one attached hydrogen (secondary N) is 7. The van der Waals surface area contributed by atoms with Crippen LogP contribution in [0.4, 0.5) is 4.79 Å². The summed E-state index contributed by atoms with van der Waals surface area (Å²) in [6, 6.07) is 11.7. The minimum absolute atomic E-state index is 0.0102. The van der Waals surface area contributed by atoms with E-state index in [1.54, 1.807) is 30.3 Å². The van der Waals surface area contributed by atoms with E-state index in [2.05, 4.69) is 36.7 Å². The molecule has 26 heteroatoms. The molecule has 3 aliphatic rings. The number of urea groups is 1. The molecule has 24 nitrogen and oxygen atoms in total. The second-order valence-corrected chi connectivity index (χ2v) is 18.3. The number of hydrogen-bond acceptors (Lipinski definition) is 16. The summed E-state index contributed by atoms with van der Waals surface area (Å²) in [6.45, 7) is -0.800. The third-order valence-electron chi connectivity index (χ3n) is 10.4. The van der Waals surface area contributed by atoms with Gasteiger partial charge in [0.2, 0.25) is 23.6 Å². The van der Waals surface area contributed by atoms with Crippen molar-refractivity contribution in [3.63, 3.8) is 0 Å². The molecule has 3 heterocycles. The number of hydrogen-bond donors (Lipinski definition) is 8. The first-order valence-corrected chi connectivity index (χ1v) is 24.1. The van der Waals surface area contributed by atoms with E-state index in [-0.39, 0.29) is 80.4 Å². The van der Waals surface area contributed by atoms with Crippen molar-refractivity contribution < 1.29 is 80.7 Å². The lowest BCUT2D eigenvalue weighted by atomic mass is 10.0. The quantitative estimate of drug-likeness (QED) is 0.0158. The van der Waals surface area contributed by atoms with Gasteiger partial charge in [-0.25, -0.2) is 9.59 Å². The second kappa shape index (κ2) is 26.3. The van der Waals surface area contributed by atoms with E-state index in [9.17, 15) is 60.9 Å². The molecule has 1 unspecified atom stereocenters. The van der Waals surface area contributed by atoms with Gasteiger partial charge in [0.1, 0.15) is 6.04 Å². The van der Waals surface area contributed by atoms with Crippen molar-refractivity contribution in [2.45, 2.75) is 73.5 Å². The van der Waals surface area contributed by atoms with Crippen LogP contribution in [0.25, 0.3) is 0 Å². The molecule has 0 bridgehead atoms. The number of thioether (sulfide) groups is 1. The Morgan fingerprint density at radius 3 is 2.12 bits per heavy atom. The van der Waals surface area contributed by atoms with Crippen LogP contribution in [0.3, 0.4) is 0 Å². The van der Waals surface area contributed by atoms with E-state index >= 15 is 0 Å². The van der Waals surface area contributed by atoms with Crippen LogP contribution in [0, 0.1) is 0 Å². The van der Waals surface area contributed by atoms with Crippen molar-refractivity contribution in [1.29, 1.82) is 0 Å². The molecule has 3 saturated heterocycles. The van der Waals surface area contributed by atoms with E-state index in [0.29, 0.717) is 23.7 Å². The van der Waals surface area contributed by atoms with Gasteiger partial charge in [-0.3, -0.25) is 42.9 Å². The van der Waals surface area contributed by atoms with Crippen molar-refractivity contribution in [1.82, 2.24) is 42.3 Å². The van der Waals surface area contributed by atoms with Gasteiger partial charge in [-0.05, 0) is 25.0 Å². The molecule has 5 rings (SSSR count). The SMILES string of the molecule is [2H]C([2H])(C(=O)N[C@@H](CNC(=O)c1ccc(C(=O)c2ccccc2)cc1)C(=O)NCC(=O)NCCOCCOCCNC(=O)CCCC[C@@H]1SC[C@@H]2NC(=O)N[C@@H]21)C([2H])([2H])C(=O)ON1C(=O)CC(S(=O)(=O)O)C1=O. The normalized spacial score (nSPS) is 20.1. The second-order valence-electron chi connectivity index (χ2n) is 15.4. The van der Waals surface area contributed by atoms with Crippen molar-refractivity contribution in [2.24, 2.45) is 0 Å². The molecule has 0 spiro atoms. The Hall–Kier alpha value is -6.48. The van der Waals surface area contributed by atoms with Gasteiger partial charge in [0.05, 0.1) is 57.8 Å². The van der Waals surface area contributed by atoms with Crippen molar-refractivity contribution in [3.05, 3.63) is 71.3 Å². The van der Waals surface area contributed by atoms with Crippen LogP contribution in [-0.4, -0.2) is 164 Å². The highest BCUT2D eigenvalue weighted by molar-refractivity contribution is 8.00. The van der Waals surface area contributed by atoms with Gasteiger partial charge >= 0.3 is 12.0 Å². The van der Waals surface area contributed by atoms with Crippen LogP contribution in [0.2, 0.25) is 0 Å². The third kappa shape index (κ3) is 16.9. The molecular formula is C43H54N8O16S2. The number of amides is 9. The highest BCUT2D eigenvalue weighted by Crippen LogP contribution is 2.33. The molecule has 3 fully saturated rings. The van der Waals surface area contributed by atoms with Crippen molar-refractivity contribution in [2.75, 3.05) is 58.4 Å². The van der Waals surface area contributed by atoms with E-state index < -0.39 is 100 Å². The van der Waals surface area contributed by atoms with Crippen LogP contribution in [0.15, 0.2) is 54.6 Å². The Morgan fingerprint density at radius 2 is 1.45 bits per heavy atom. The van der Waals surface area contributed by atoms with Gasteiger partial charge in [-0.1, -0.05) is 48.9 Å². The van der Waals surface area contributed by atoms with E-state index in [1.807, 2.05) is 17.1 Å². The number of ketones is 1. The highest BCUT2D eigenvalue weighted by Gasteiger charge is 2.48. The van der Waals surface area contributed by atoms with Crippen molar-refractivity contribution >= 4 is 81.0 Å². The zero-order valence-electron chi connectivity index (χ0n) is 40.8. The number of hydroxylamine groups is 2. The van der Waals surface area contributed by atoms with Gasteiger partial charge in [-0.2, -0.15) is 20.2 Å². The lowest BCUT2D eigenvalue weighted by Crippen LogP contribution is -2.54. The monoisotopic (exact) mass is 1010 g/mol. The van der Waals surface area contributed by atoms with E-state index in [4.69, 9.17) is 15.0 Å². The third-order valence-corrected chi connectivity index (χ3v) is 13.0. The maximum Gasteiger partial charge on any atom is 0.333 e. The minimum Gasteiger partial charge on any atom is -0.377 e. The first-order chi connectivity index (χ1) is 34.5. The summed E-state index contributed by atoms with van der Waals surface area (Å²) in [5.41, 5.74) is 0.560. The fourth-order valence-electron chi connectivity index (χ4n) is 6.92. The lowest BCUT2D eigenvalue weighted by molar-refractivity contribution is -0.197. The molecule has 374 valence electrons. The molecule has 9 amide bonds. The summed E-state index contributed by atoms with van der Waals surface area (Å²) >= 11 is 1.82. The maximum atomic E-state index is 13.4. The molecular weight excluding hydrogens is 949 g/mol. The number of unbranched alkanes of at least 4 members (excludes halogenated alkanes) is 1. The van der Waals surface area contributed by atoms with E-state index in [0.717, 1.165) is 18.6 Å². The first-order valence-electron chi connectivity index (χ1n) is 23.5. The zero-order chi connectivity index (χ0) is 53.5. The fourth-order valence-corrected chi connectivity index (χ4v) is 9.16. The summed E-state index contributed by atoms with van der Waals surface area (Å²) in [4.78, 5) is 131. The summed E-state index contributed by atoms with van der Waals surface area (Å²) < 4.78 is 75.6. The first kappa shape index (κ1) is 47.6. The molecule has 3 aliphatic heterocycles. The topological polar surface area (TPSA) is 340 Å². The summed E-state index contributed by atoms with van der Waals surface area (Å²) in [5.74, 6) is -10.2. The number of ether oxygens (including phenoxy) is 2. The molecule has 8 N–H and O–H groups in total. The fraction of sp³-hybridized carbons (Fsp3) is 0.488. The predicted octanol–water partition coefficient (Wildman–Crippen LogP) is -1.51. The average Bonchev–Trinajstić information content (AvgIpc) is 4.01. The van der Waals surface area contributed by atoms with Gasteiger partial charge in [0.15, 0.2) is 11.0 Å². The zero-order valence-corrected chi connectivity index (χ0v) is 38.5. The Morgan fingerprint density at radius 1 is 0.797 bits per heavy atom. The number of rotatable bonds is 28. The Kier molecular flexibility index (Phi) is 18.2. The van der Waals surface area contributed by atoms with Gasteiger partial charge in [0, 0.05) is 65.6 Å². The number of fused-ring (bicyclic) bond motifs is 1. The molecule has 2 aromatic carbocycles. The number of imide groups is 1. The smallest absolute Gasteiger partial charge is 0.333 e. The van der Waals surface area contributed by atoms with Crippen LogP contribution in [0.5, 0.6) is 0 Å². The molecule has 69 heavy (non-hydrogen) atoms. The number of carbonyl (C=O) groups is 10. The van der Waals surface area contributed by atoms with Crippen LogP contribution in [0.1, 0.15) is 76.6 Å². The van der Waals surface area contributed by atoms with E-state index in [1.165, 1.54) is 24.3 Å². The van der Waals surface area contributed by atoms with Crippen LogP contribution < -0.4 is 37.2 Å². The largest absolute Gasteiger partial charge is 0.377 e.